The molecule has 2 aromatic heterocycles. The summed E-state index contributed by atoms with van der Waals surface area (Å²) in [6.45, 7) is 0.900. The van der Waals surface area contributed by atoms with Crippen molar-refractivity contribution < 1.29 is 0 Å². The van der Waals surface area contributed by atoms with E-state index in [9.17, 15) is 0 Å². The van der Waals surface area contributed by atoms with Crippen molar-refractivity contribution in [1.29, 1.82) is 0 Å². The van der Waals surface area contributed by atoms with Gasteiger partial charge in [0.1, 0.15) is 0 Å². The standard InChI is InChI=1S/C14H13N3/c1-2-4-14-13(3-1)11-16-17(14)10-7-12-5-8-15-9-6-12/h1-6,8-9,11H,7,10H2. The van der Waals surface area contributed by atoms with Crippen molar-refractivity contribution in [2.75, 3.05) is 0 Å². The monoisotopic (exact) mass is 223 g/mol. The van der Waals surface area contributed by atoms with Crippen LogP contribution in [-0.2, 0) is 13.0 Å². The van der Waals surface area contributed by atoms with E-state index in [2.05, 4.69) is 26.9 Å². The zero-order valence-electron chi connectivity index (χ0n) is 9.45. The van der Waals surface area contributed by atoms with Gasteiger partial charge in [-0.25, -0.2) is 0 Å². The van der Waals surface area contributed by atoms with Gasteiger partial charge in [-0.2, -0.15) is 5.10 Å². The molecule has 0 unspecified atom stereocenters. The second-order valence-electron chi connectivity index (χ2n) is 4.03. The van der Waals surface area contributed by atoms with Crippen molar-refractivity contribution in [3.8, 4) is 0 Å². The minimum atomic E-state index is 0.900. The van der Waals surface area contributed by atoms with Crippen LogP contribution in [0.15, 0.2) is 55.0 Å². The maximum Gasteiger partial charge on any atom is 0.0682 e. The van der Waals surface area contributed by atoms with E-state index < -0.39 is 0 Å². The van der Waals surface area contributed by atoms with Crippen molar-refractivity contribution in [2.45, 2.75) is 13.0 Å². The summed E-state index contributed by atoms with van der Waals surface area (Å²) in [5, 5.41) is 5.61. The second-order valence-corrected chi connectivity index (χ2v) is 4.03. The fourth-order valence-electron chi connectivity index (χ4n) is 1.99. The molecule has 3 heteroatoms. The van der Waals surface area contributed by atoms with Crippen LogP contribution in [0.1, 0.15) is 5.56 Å². The molecule has 0 saturated carbocycles. The lowest BCUT2D eigenvalue weighted by atomic mass is 10.2. The Morgan fingerprint density at radius 2 is 1.82 bits per heavy atom. The van der Waals surface area contributed by atoms with Crippen LogP contribution >= 0.6 is 0 Å². The van der Waals surface area contributed by atoms with Gasteiger partial charge in [0.15, 0.2) is 0 Å². The van der Waals surface area contributed by atoms with Crippen molar-refractivity contribution in [2.24, 2.45) is 0 Å². The lowest BCUT2D eigenvalue weighted by Crippen LogP contribution is -2.02. The van der Waals surface area contributed by atoms with Crippen LogP contribution in [-0.4, -0.2) is 14.8 Å². The van der Waals surface area contributed by atoms with Gasteiger partial charge in [-0.15, -0.1) is 0 Å². The predicted octanol–water partition coefficient (Wildman–Crippen LogP) is 2.67. The van der Waals surface area contributed by atoms with Crippen LogP contribution in [0.4, 0.5) is 0 Å². The zero-order valence-corrected chi connectivity index (χ0v) is 9.45. The highest BCUT2D eigenvalue weighted by atomic mass is 15.3. The maximum atomic E-state index is 4.41. The lowest BCUT2D eigenvalue weighted by molar-refractivity contribution is 0.635. The molecule has 0 aliphatic heterocycles. The Morgan fingerprint density at radius 3 is 2.71 bits per heavy atom. The number of rotatable bonds is 3. The number of benzene rings is 1. The van der Waals surface area contributed by atoms with Gasteiger partial charge in [0.05, 0.1) is 11.7 Å². The first-order valence-corrected chi connectivity index (χ1v) is 5.73. The molecule has 0 spiro atoms. The Bertz CT molecular complexity index is 613. The van der Waals surface area contributed by atoms with Gasteiger partial charge < -0.3 is 0 Å². The van der Waals surface area contributed by atoms with Crippen LogP contribution < -0.4 is 0 Å². The number of aromatic nitrogens is 3. The van der Waals surface area contributed by atoms with E-state index in [0.717, 1.165) is 13.0 Å². The Morgan fingerprint density at radius 1 is 1.00 bits per heavy atom. The number of hydrogen-bond donors (Lipinski definition) is 0. The van der Waals surface area contributed by atoms with Gasteiger partial charge in [0.25, 0.3) is 0 Å². The van der Waals surface area contributed by atoms with Crippen LogP contribution in [0.3, 0.4) is 0 Å². The molecule has 2 heterocycles. The van der Waals surface area contributed by atoms with Gasteiger partial charge in [-0.3, -0.25) is 9.67 Å². The average Bonchev–Trinajstić information content (AvgIpc) is 2.81. The number of hydrogen-bond acceptors (Lipinski definition) is 2. The summed E-state index contributed by atoms with van der Waals surface area (Å²) in [4.78, 5) is 4.02. The summed E-state index contributed by atoms with van der Waals surface area (Å²) in [7, 11) is 0. The zero-order chi connectivity index (χ0) is 11.5. The number of fused-ring (bicyclic) bond motifs is 1. The molecule has 1 aromatic carbocycles. The minimum Gasteiger partial charge on any atom is -0.265 e. The van der Waals surface area contributed by atoms with Gasteiger partial charge in [0, 0.05) is 24.3 Å². The first-order chi connectivity index (χ1) is 8.43. The summed E-state index contributed by atoms with van der Waals surface area (Å²) < 4.78 is 2.05. The highest BCUT2D eigenvalue weighted by Crippen LogP contribution is 2.13. The molecule has 0 fully saturated rings. The molecular weight excluding hydrogens is 210 g/mol. The van der Waals surface area contributed by atoms with Crippen LogP contribution in [0.25, 0.3) is 10.9 Å². The molecule has 3 nitrogen and oxygen atoms in total. The summed E-state index contributed by atoms with van der Waals surface area (Å²) in [5.41, 5.74) is 2.49. The van der Waals surface area contributed by atoms with Gasteiger partial charge in [-0.05, 0) is 30.2 Å². The average molecular weight is 223 g/mol. The summed E-state index contributed by atoms with van der Waals surface area (Å²) in [6.07, 6.45) is 6.56. The molecule has 84 valence electrons. The van der Waals surface area contributed by atoms with Crippen LogP contribution in [0.2, 0.25) is 0 Å². The van der Waals surface area contributed by atoms with E-state index >= 15 is 0 Å². The predicted molar refractivity (Wildman–Crippen MR) is 67.7 cm³/mol. The topological polar surface area (TPSA) is 30.7 Å². The molecule has 0 radical (unpaired) electrons. The molecule has 0 saturated heterocycles. The summed E-state index contributed by atoms with van der Waals surface area (Å²) in [5.74, 6) is 0. The van der Waals surface area contributed by atoms with Crippen LogP contribution in [0.5, 0.6) is 0 Å². The first kappa shape index (κ1) is 10.0. The SMILES string of the molecule is c1ccc2c(c1)cnn2CCc1ccncc1. The molecule has 17 heavy (non-hydrogen) atoms. The molecule has 3 rings (SSSR count). The van der Waals surface area contributed by atoms with E-state index in [1.54, 1.807) is 0 Å². The Kier molecular flexibility index (Phi) is 2.58. The number of para-hydroxylation sites is 1. The normalized spacial score (nSPS) is 10.8. The number of nitrogens with zero attached hydrogens (tertiary/aromatic N) is 3. The maximum absolute atomic E-state index is 4.41. The molecule has 3 aromatic rings. The molecule has 0 bridgehead atoms. The number of aryl methyl sites for hydroxylation is 2. The van der Waals surface area contributed by atoms with Crippen molar-refractivity contribution in [1.82, 2.24) is 14.8 Å². The Hall–Kier alpha value is -2.16. The van der Waals surface area contributed by atoms with E-state index in [-0.39, 0.29) is 0 Å². The van der Waals surface area contributed by atoms with E-state index in [1.165, 1.54) is 16.5 Å². The Balaban J connectivity index is 1.82. The second kappa shape index (κ2) is 4.37. The summed E-state index contributed by atoms with van der Waals surface area (Å²) >= 11 is 0. The smallest absolute Gasteiger partial charge is 0.0682 e. The third-order valence-electron chi connectivity index (χ3n) is 2.91. The quantitative estimate of drug-likeness (QED) is 0.683. The summed E-state index contributed by atoms with van der Waals surface area (Å²) in [6, 6.07) is 12.4. The number of pyridine rings is 1. The molecule has 0 aliphatic carbocycles. The molecule has 0 N–H and O–H groups in total. The van der Waals surface area contributed by atoms with E-state index in [4.69, 9.17) is 0 Å². The molecule has 0 amide bonds. The fraction of sp³-hybridized carbons (Fsp3) is 0.143. The molecule has 0 aliphatic rings. The van der Waals surface area contributed by atoms with Crippen molar-refractivity contribution in [3.63, 3.8) is 0 Å². The third-order valence-corrected chi connectivity index (χ3v) is 2.91. The van der Waals surface area contributed by atoms with Crippen molar-refractivity contribution >= 4 is 10.9 Å². The lowest BCUT2D eigenvalue weighted by Gasteiger charge is -2.03. The van der Waals surface area contributed by atoms with Gasteiger partial charge in [0.2, 0.25) is 0 Å². The van der Waals surface area contributed by atoms with Crippen LogP contribution in [0, 0.1) is 0 Å². The fourth-order valence-corrected chi connectivity index (χ4v) is 1.99. The highest BCUT2D eigenvalue weighted by molar-refractivity contribution is 5.78. The first-order valence-electron chi connectivity index (χ1n) is 5.73. The van der Waals surface area contributed by atoms with E-state index in [1.807, 2.05) is 42.9 Å². The molecule has 0 atom stereocenters. The Labute approximate surface area is 99.7 Å². The van der Waals surface area contributed by atoms with Gasteiger partial charge >= 0.3 is 0 Å². The van der Waals surface area contributed by atoms with Crippen molar-refractivity contribution in [3.05, 3.63) is 60.6 Å². The largest absolute Gasteiger partial charge is 0.265 e. The highest BCUT2D eigenvalue weighted by Gasteiger charge is 2.01. The van der Waals surface area contributed by atoms with E-state index in [0.29, 0.717) is 0 Å². The third kappa shape index (κ3) is 2.04. The molecular formula is C14H13N3. The minimum absolute atomic E-state index is 0.900. The van der Waals surface area contributed by atoms with Gasteiger partial charge in [-0.1, -0.05) is 18.2 Å².